The summed E-state index contributed by atoms with van der Waals surface area (Å²) in [5.74, 6) is 1.13. The number of anilines is 1. The summed E-state index contributed by atoms with van der Waals surface area (Å²) in [5, 5.41) is 5.64. The lowest BCUT2D eigenvalue weighted by molar-refractivity contribution is -0.113. The normalized spacial score (nSPS) is 11.0. The second kappa shape index (κ2) is 11.2. The van der Waals surface area contributed by atoms with Crippen molar-refractivity contribution in [2.45, 2.75) is 25.0 Å². The van der Waals surface area contributed by atoms with Crippen molar-refractivity contribution >= 4 is 56.5 Å². The molecule has 0 bridgehead atoms. The van der Waals surface area contributed by atoms with E-state index in [0.29, 0.717) is 50.5 Å². The summed E-state index contributed by atoms with van der Waals surface area (Å²) in [4.78, 5) is 30.5. The Morgan fingerprint density at radius 3 is 2.69 bits per heavy atom. The molecule has 0 unspecified atom stereocenters. The van der Waals surface area contributed by atoms with Gasteiger partial charge in [-0.05, 0) is 60.2 Å². The first-order valence-electron chi connectivity index (χ1n) is 10.8. The molecule has 7 nitrogen and oxygen atoms in total. The molecule has 0 radical (unpaired) electrons. The van der Waals surface area contributed by atoms with Crippen LogP contribution in [0.3, 0.4) is 0 Å². The van der Waals surface area contributed by atoms with E-state index in [0.717, 1.165) is 11.1 Å². The summed E-state index contributed by atoms with van der Waals surface area (Å²) in [6.45, 7) is 2.34. The van der Waals surface area contributed by atoms with E-state index in [1.807, 2.05) is 42.6 Å². The topological polar surface area (TPSA) is 82.5 Å². The molecular weight excluding hydrogens is 506 g/mol. The number of halogens is 1. The number of amides is 1. The summed E-state index contributed by atoms with van der Waals surface area (Å²) in [6, 6.07) is 12.9. The van der Waals surface area contributed by atoms with Crippen LogP contribution in [0.2, 0.25) is 5.02 Å². The SMILES string of the molecule is COc1ccc(CCn2c(SCC(=O)Nc3ccc(C)cc3Cl)nc3ccsc3c2=O)cc1OC. The van der Waals surface area contributed by atoms with Crippen LogP contribution < -0.4 is 20.3 Å². The van der Waals surface area contributed by atoms with Gasteiger partial charge in [-0.15, -0.1) is 11.3 Å². The fourth-order valence-corrected chi connectivity index (χ4v) is 5.43. The number of aromatic nitrogens is 2. The summed E-state index contributed by atoms with van der Waals surface area (Å²) in [7, 11) is 3.18. The number of hydrogen-bond acceptors (Lipinski definition) is 7. The fourth-order valence-electron chi connectivity index (χ4n) is 3.55. The van der Waals surface area contributed by atoms with Gasteiger partial charge in [0.05, 0.1) is 36.2 Å². The minimum atomic E-state index is -0.230. The van der Waals surface area contributed by atoms with Crippen molar-refractivity contribution in [3.05, 3.63) is 74.3 Å². The standard InChI is InChI=1S/C25H24ClN3O4S2/c1-15-4-6-18(17(26)12-15)27-22(30)14-35-25-28-19-9-11-34-23(19)24(31)29(25)10-8-16-5-7-20(32-2)21(13-16)33-3/h4-7,9,11-13H,8,10,14H2,1-3H3,(H,27,30). The number of thioether (sulfide) groups is 1. The first-order valence-corrected chi connectivity index (χ1v) is 13.0. The third-order valence-electron chi connectivity index (χ3n) is 5.33. The predicted octanol–water partition coefficient (Wildman–Crippen LogP) is 5.41. The number of benzene rings is 2. The molecule has 2 heterocycles. The van der Waals surface area contributed by atoms with Gasteiger partial charge in [0, 0.05) is 6.54 Å². The lowest BCUT2D eigenvalue weighted by atomic mass is 10.1. The summed E-state index contributed by atoms with van der Waals surface area (Å²) >= 11 is 8.82. The predicted molar refractivity (Wildman–Crippen MR) is 143 cm³/mol. The minimum Gasteiger partial charge on any atom is -0.493 e. The second-order valence-electron chi connectivity index (χ2n) is 7.75. The zero-order valence-electron chi connectivity index (χ0n) is 19.5. The number of nitrogens with zero attached hydrogens (tertiary/aromatic N) is 2. The summed E-state index contributed by atoms with van der Waals surface area (Å²) < 4.78 is 12.9. The number of carbonyl (C=O) groups excluding carboxylic acids is 1. The first-order chi connectivity index (χ1) is 16.9. The summed E-state index contributed by atoms with van der Waals surface area (Å²) in [5.41, 5.74) is 3.06. The van der Waals surface area contributed by atoms with Crippen LogP contribution in [-0.2, 0) is 17.8 Å². The number of methoxy groups -OCH3 is 2. The molecule has 0 aliphatic carbocycles. The van der Waals surface area contributed by atoms with Gasteiger partial charge < -0.3 is 14.8 Å². The molecule has 0 aliphatic heterocycles. The summed E-state index contributed by atoms with van der Waals surface area (Å²) in [6.07, 6.45) is 0.581. The zero-order chi connectivity index (χ0) is 24.9. The van der Waals surface area contributed by atoms with Gasteiger partial charge in [0.1, 0.15) is 4.70 Å². The van der Waals surface area contributed by atoms with Gasteiger partial charge in [-0.1, -0.05) is 35.5 Å². The Kier molecular flexibility index (Phi) is 8.00. The Morgan fingerprint density at radius 1 is 1.14 bits per heavy atom. The van der Waals surface area contributed by atoms with Crippen LogP contribution in [0.25, 0.3) is 10.2 Å². The lowest BCUT2D eigenvalue weighted by Gasteiger charge is -2.13. The molecular formula is C25H24ClN3O4S2. The molecule has 0 saturated heterocycles. The maximum Gasteiger partial charge on any atom is 0.272 e. The monoisotopic (exact) mass is 529 g/mol. The van der Waals surface area contributed by atoms with Crippen molar-refractivity contribution in [3.63, 3.8) is 0 Å². The zero-order valence-corrected chi connectivity index (χ0v) is 21.9. The molecule has 0 spiro atoms. The largest absolute Gasteiger partial charge is 0.493 e. The van der Waals surface area contributed by atoms with Crippen molar-refractivity contribution in [2.24, 2.45) is 0 Å². The quantitative estimate of drug-likeness (QED) is 0.230. The van der Waals surface area contributed by atoms with E-state index in [-0.39, 0.29) is 17.2 Å². The van der Waals surface area contributed by atoms with Crippen molar-refractivity contribution in [3.8, 4) is 11.5 Å². The van der Waals surface area contributed by atoms with E-state index in [2.05, 4.69) is 10.3 Å². The smallest absolute Gasteiger partial charge is 0.272 e. The number of thiophene rings is 1. The Hall–Kier alpha value is -3.01. The highest BCUT2D eigenvalue weighted by Crippen LogP contribution is 2.28. The molecule has 0 aliphatic rings. The highest BCUT2D eigenvalue weighted by atomic mass is 35.5. The highest BCUT2D eigenvalue weighted by Gasteiger charge is 2.15. The molecule has 4 aromatic rings. The minimum absolute atomic E-state index is 0.0860. The molecule has 0 fully saturated rings. The molecule has 0 atom stereocenters. The van der Waals surface area contributed by atoms with Gasteiger partial charge in [-0.25, -0.2) is 4.98 Å². The fraction of sp³-hybridized carbons (Fsp3) is 0.240. The number of aryl methyl sites for hydroxylation is 2. The molecule has 182 valence electrons. The van der Waals surface area contributed by atoms with Gasteiger partial charge in [0.15, 0.2) is 16.7 Å². The van der Waals surface area contributed by atoms with Crippen molar-refractivity contribution in [1.29, 1.82) is 0 Å². The molecule has 2 aromatic carbocycles. The maximum absolute atomic E-state index is 13.2. The van der Waals surface area contributed by atoms with E-state index < -0.39 is 0 Å². The Labute approximate surface area is 216 Å². The van der Waals surface area contributed by atoms with Gasteiger partial charge in [0.25, 0.3) is 5.56 Å². The number of rotatable bonds is 9. The molecule has 0 saturated carbocycles. The van der Waals surface area contributed by atoms with E-state index in [4.69, 9.17) is 21.1 Å². The maximum atomic E-state index is 13.2. The average Bonchev–Trinajstić information content (AvgIpc) is 3.33. The second-order valence-corrected chi connectivity index (χ2v) is 10.0. The number of ether oxygens (including phenoxy) is 2. The molecule has 35 heavy (non-hydrogen) atoms. The molecule has 10 heteroatoms. The van der Waals surface area contributed by atoms with Crippen molar-refractivity contribution in [2.75, 3.05) is 25.3 Å². The van der Waals surface area contributed by atoms with Crippen LogP contribution in [-0.4, -0.2) is 35.4 Å². The van der Waals surface area contributed by atoms with Crippen molar-refractivity contribution in [1.82, 2.24) is 9.55 Å². The number of hydrogen-bond donors (Lipinski definition) is 1. The number of fused-ring (bicyclic) bond motifs is 1. The van der Waals surface area contributed by atoms with Crippen LogP contribution in [0, 0.1) is 6.92 Å². The molecule has 4 rings (SSSR count). The van der Waals surface area contributed by atoms with E-state index in [9.17, 15) is 9.59 Å². The van der Waals surface area contributed by atoms with Crippen LogP contribution in [0.15, 0.2) is 57.8 Å². The third kappa shape index (κ3) is 5.80. The van der Waals surface area contributed by atoms with Gasteiger partial charge in [0.2, 0.25) is 5.91 Å². The number of carbonyl (C=O) groups is 1. The van der Waals surface area contributed by atoms with Gasteiger partial charge in [-0.2, -0.15) is 0 Å². The Balaban J connectivity index is 1.53. The van der Waals surface area contributed by atoms with Crippen molar-refractivity contribution < 1.29 is 14.3 Å². The molecule has 1 N–H and O–H groups in total. The average molecular weight is 530 g/mol. The lowest BCUT2D eigenvalue weighted by Crippen LogP contribution is -2.24. The third-order valence-corrected chi connectivity index (χ3v) is 7.51. The van der Waals surface area contributed by atoms with Crippen LogP contribution in [0.1, 0.15) is 11.1 Å². The molecule has 1 amide bonds. The molecule has 2 aromatic heterocycles. The van der Waals surface area contributed by atoms with E-state index in [1.54, 1.807) is 30.9 Å². The Morgan fingerprint density at radius 2 is 1.94 bits per heavy atom. The number of nitrogens with one attached hydrogen (secondary N) is 1. The van der Waals surface area contributed by atoms with Crippen LogP contribution >= 0.6 is 34.7 Å². The van der Waals surface area contributed by atoms with E-state index >= 15 is 0 Å². The van der Waals surface area contributed by atoms with E-state index in [1.165, 1.54) is 23.1 Å². The Bertz CT molecular complexity index is 1430. The van der Waals surface area contributed by atoms with Crippen LogP contribution in [0.4, 0.5) is 5.69 Å². The highest BCUT2D eigenvalue weighted by molar-refractivity contribution is 7.99. The van der Waals surface area contributed by atoms with Gasteiger partial charge in [-0.3, -0.25) is 14.2 Å². The van der Waals surface area contributed by atoms with Crippen LogP contribution in [0.5, 0.6) is 11.5 Å². The first kappa shape index (κ1) is 25.1. The van der Waals surface area contributed by atoms with Gasteiger partial charge >= 0.3 is 0 Å².